The van der Waals surface area contributed by atoms with Gasteiger partial charge in [-0.05, 0) is 25.5 Å². The van der Waals surface area contributed by atoms with Crippen LogP contribution < -0.4 is 0 Å². The molecule has 0 saturated carbocycles. The number of nitrogens with zero attached hydrogens (tertiary/aromatic N) is 1. The molecule has 1 saturated heterocycles. The molecule has 1 aliphatic rings. The van der Waals surface area contributed by atoms with Gasteiger partial charge in [0.05, 0.1) is 0 Å². The molecule has 130 valence electrons. The standard InChI is InChI=1S/C19H29NO2.ClH/c1-4-6-13-20-14-11-19(12-15-20,22-18(21)5-2)17-9-7-16(3)8-10-17;/h7-10H,4-6,11-15H2,1-3H3;1H. The number of hydrogen-bond acceptors (Lipinski definition) is 3. The van der Waals surface area contributed by atoms with E-state index in [1.807, 2.05) is 6.92 Å². The van der Waals surface area contributed by atoms with Crippen LogP contribution >= 0.6 is 12.4 Å². The molecule has 1 aromatic rings. The van der Waals surface area contributed by atoms with Crippen LogP contribution in [-0.4, -0.2) is 30.5 Å². The zero-order chi connectivity index (χ0) is 16.0. The third kappa shape index (κ3) is 5.22. The van der Waals surface area contributed by atoms with Crippen molar-refractivity contribution in [3.8, 4) is 0 Å². The van der Waals surface area contributed by atoms with E-state index in [1.54, 1.807) is 0 Å². The number of carbonyl (C=O) groups is 1. The number of rotatable bonds is 6. The lowest BCUT2D eigenvalue weighted by Crippen LogP contribution is -2.45. The molecule has 0 bridgehead atoms. The summed E-state index contributed by atoms with van der Waals surface area (Å²) in [6, 6.07) is 8.47. The fourth-order valence-corrected chi connectivity index (χ4v) is 3.12. The Labute approximate surface area is 146 Å². The highest BCUT2D eigenvalue weighted by molar-refractivity contribution is 5.85. The zero-order valence-corrected chi connectivity index (χ0v) is 15.5. The van der Waals surface area contributed by atoms with Crippen molar-refractivity contribution >= 4 is 18.4 Å². The molecule has 1 fully saturated rings. The first-order chi connectivity index (χ1) is 10.6. The molecule has 1 aromatic carbocycles. The van der Waals surface area contributed by atoms with Gasteiger partial charge < -0.3 is 9.64 Å². The summed E-state index contributed by atoms with van der Waals surface area (Å²) >= 11 is 0. The minimum Gasteiger partial charge on any atom is -0.454 e. The van der Waals surface area contributed by atoms with Crippen LogP contribution in [0, 0.1) is 6.92 Å². The Kier molecular flexibility index (Phi) is 8.07. The van der Waals surface area contributed by atoms with Gasteiger partial charge in [0.1, 0.15) is 5.60 Å². The number of hydrogen-bond donors (Lipinski definition) is 0. The molecular formula is C19H30ClNO2. The first kappa shape index (κ1) is 20.0. The SMILES string of the molecule is CCCCN1CCC(OC(=O)CC)(c2ccc(C)cc2)CC1.Cl. The lowest BCUT2D eigenvalue weighted by Gasteiger charge is -2.41. The van der Waals surface area contributed by atoms with Crippen molar-refractivity contribution in [2.24, 2.45) is 0 Å². The summed E-state index contributed by atoms with van der Waals surface area (Å²) in [4.78, 5) is 14.4. The highest BCUT2D eigenvalue weighted by Crippen LogP contribution is 2.37. The number of likely N-dealkylation sites (tertiary alicyclic amines) is 1. The lowest BCUT2D eigenvalue weighted by atomic mass is 9.83. The van der Waals surface area contributed by atoms with Gasteiger partial charge in [-0.3, -0.25) is 4.79 Å². The van der Waals surface area contributed by atoms with E-state index >= 15 is 0 Å². The van der Waals surface area contributed by atoms with Gasteiger partial charge in [0.25, 0.3) is 0 Å². The second kappa shape index (κ2) is 9.29. The summed E-state index contributed by atoms with van der Waals surface area (Å²) in [5.41, 5.74) is 1.96. The van der Waals surface area contributed by atoms with Gasteiger partial charge in [0, 0.05) is 32.4 Å². The Hall–Kier alpha value is -1.06. The Bertz CT molecular complexity index is 479. The van der Waals surface area contributed by atoms with E-state index < -0.39 is 5.60 Å². The highest BCUT2D eigenvalue weighted by Gasteiger charge is 2.39. The molecule has 0 radical (unpaired) electrons. The van der Waals surface area contributed by atoms with E-state index in [0.717, 1.165) is 38.0 Å². The number of aryl methyl sites for hydroxylation is 1. The number of halogens is 1. The van der Waals surface area contributed by atoms with Crippen LogP contribution in [0.2, 0.25) is 0 Å². The topological polar surface area (TPSA) is 29.5 Å². The van der Waals surface area contributed by atoms with E-state index in [-0.39, 0.29) is 18.4 Å². The Morgan fingerprint density at radius 2 is 1.78 bits per heavy atom. The second-order valence-electron chi connectivity index (χ2n) is 6.38. The van der Waals surface area contributed by atoms with Crippen molar-refractivity contribution in [1.29, 1.82) is 0 Å². The Balaban J connectivity index is 0.00000264. The van der Waals surface area contributed by atoms with Crippen LogP contribution in [0.4, 0.5) is 0 Å². The highest BCUT2D eigenvalue weighted by atomic mass is 35.5. The van der Waals surface area contributed by atoms with Gasteiger partial charge in [-0.1, -0.05) is 50.1 Å². The molecular weight excluding hydrogens is 310 g/mol. The average Bonchev–Trinajstić information content (AvgIpc) is 2.54. The quantitative estimate of drug-likeness (QED) is 0.716. The summed E-state index contributed by atoms with van der Waals surface area (Å²) in [7, 11) is 0. The van der Waals surface area contributed by atoms with Crippen molar-refractivity contribution in [3.63, 3.8) is 0 Å². The molecule has 23 heavy (non-hydrogen) atoms. The van der Waals surface area contributed by atoms with Gasteiger partial charge in [0.2, 0.25) is 0 Å². The Morgan fingerprint density at radius 3 is 2.30 bits per heavy atom. The number of esters is 1. The van der Waals surface area contributed by atoms with Crippen LogP contribution in [-0.2, 0) is 15.1 Å². The van der Waals surface area contributed by atoms with Crippen molar-refractivity contribution in [2.45, 2.75) is 58.5 Å². The molecule has 3 nitrogen and oxygen atoms in total. The van der Waals surface area contributed by atoms with Crippen LogP contribution in [0.25, 0.3) is 0 Å². The largest absolute Gasteiger partial charge is 0.454 e. The van der Waals surface area contributed by atoms with Gasteiger partial charge >= 0.3 is 5.97 Å². The van der Waals surface area contributed by atoms with Crippen LogP contribution in [0.1, 0.15) is 57.1 Å². The normalized spacial score (nSPS) is 17.3. The minimum atomic E-state index is -0.427. The third-order valence-corrected chi connectivity index (χ3v) is 4.67. The number of benzene rings is 1. The summed E-state index contributed by atoms with van der Waals surface area (Å²) in [5, 5.41) is 0. The molecule has 0 aliphatic carbocycles. The maximum Gasteiger partial charge on any atom is 0.306 e. The summed E-state index contributed by atoms with van der Waals surface area (Å²) in [6.07, 6.45) is 4.70. The molecule has 0 N–H and O–H groups in total. The van der Waals surface area contributed by atoms with Crippen molar-refractivity contribution in [3.05, 3.63) is 35.4 Å². The predicted octanol–water partition coefficient (Wildman–Crippen LogP) is 4.46. The van der Waals surface area contributed by atoms with E-state index in [2.05, 4.69) is 43.0 Å². The number of unbranched alkanes of at least 4 members (excludes halogenated alkanes) is 1. The molecule has 1 heterocycles. The average molecular weight is 340 g/mol. The molecule has 2 rings (SSSR count). The third-order valence-electron chi connectivity index (χ3n) is 4.67. The summed E-state index contributed by atoms with van der Waals surface area (Å²) in [5.74, 6) is -0.0948. The van der Waals surface area contributed by atoms with Crippen molar-refractivity contribution in [2.75, 3.05) is 19.6 Å². The van der Waals surface area contributed by atoms with E-state index in [4.69, 9.17) is 4.74 Å². The monoisotopic (exact) mass is 339 g/mol. The van der Waals surface area contributed by atoms with Crippen LogP contribution in [0.5, 0.6) is 0 Å². The fraction of sp³-hybridized carbons (Fsp3) is 0.632. The number of piperidine rings is 1. The fourth-order valence-electron chi connectivity index (χ4n) is 3.12. The molecule has 0 amide bonds. The summed E-state index contributed by atoms with van der Waals surface area (Å²) < 4.78 is 5.94. The maximum atomic E-state index is 11.9. The molecule has 0 unspecified atom stereocenters. The van der Waals surface area contributed by atoms with Crippen molar-refractivity contribution in [1.82, 2.24) is 4.90 Å². The van der Waals surface area contributed by atoms with E-state index in [9.17, 15) is 4.79 Å². The zero-order valence-electron chi connectivity index (χ0n) is 14.6. The molecule has 1 aliphatic heterocycles. The van der Waals surface area contributed by atoms with E-state index in [0.29, 0.717) is 6.42 Å². The van der Waals surface area contributed by atoms with Crippen LogP contribution in [0.3, 0.4) is 0 Å². The first-order valence-corrected chi connectivity index (χ1v) is 8.61. The second-order valence-corrected chi connectivity index (χ2v) is 6.38. The predicted molar refractivity (Wildman–Crippen MR) is 97.1 cm³/mol. The molecule has 4 heteroatoms. The first-order valence-electron chi connectivity index (χ1n) is 8.61. The molecule has 0 atom stereocenters. The Morgan fingerprint density at radius 1 is 1.17 bits per heavy atom. The van der Waals surface area contributed by atoms with Gasteiger partial charge in [-0.15, -0.1) is 12.4 Å². The van der Waals surface area contributed by atoms with Gasteiger partial charge in [-0.25, -0.2) is 0 Å². The maximum absolute atomic E-state index is 11.9. The number of carbonyl (C=O) groups excluding carboxylic acids is 1. The van der Waals surface area contributed by atoms with Crippen LogP contribution in [0.15, 0.2) is 24.3 Å². The van der Waals surface area contributed by atoms with Gasteiger partial charge in [-0.2, -0.15) is 0 Å². The van der Waals surface area contributed by atoms with Gasteiger partial charge in [0.15, 0.2) is 0 Å². The van der Waals surface area contributed by atoms with E-state index in [1.165, 1.54) is 18.4 Å². The van der Waals surface area contributed by atoms with Crippen molar-refractivity contribution < 1.29 is 9.53 Å². The molecule has 0 spiro atoms. The lowest BCUT2D eigenvalue weighted by molar-refractivity contribution is -0.166. The number of ether oxygens (including phenoxy) is 1. The molecule has 0 aromatic heterocycles. The smallest absolute Gasteiger partial charge is 0.306 e. The summed E-state index contributed by atoms with van der Waals surface area (Å²) in [6.45, 7) is 9.34. The minimum absolute atomic E-state index is 0.